The van der Waals surface area contributed by atoms with E-state index in [1.807, 2.05) is 0 Å². The Labute approximate surface area is 138 Å². The van der Waals surface area contributed by atoms with Gasteiger partial charge in [0.2, 0.25) is 11.8 Å². The van der Waals surface area contributed by atoms with Crippen LogP contribution in [0.25, 0.3) is 0 Å². The number of fused-ring (bicyclic) bond motifs is 1. The summed E-state index contributed by atoms with van der Waals surface area (Å²) in [6.07, 6.45) is 0.702. The Hall–Kier alpha value is -3.15. The van der Waals surface area contributed by atoms with Crippen molar-refractivity contribution in [2.45, 2.75) is 13.3 Å². The number of amides is 2. The van der Waals surface area contributed by atoms with Gasteiger partial charge in [0.05, 0.1) is 5.56 Å². The second kappa shape index (κ2) is 6.16. The van der Waals surface area contributed by atoms with Gasteiger partial charge in [-0.05, 0) is 48.4 Å². The Morgan fingerprint density at radius 1 is 1.08 bits per heavy atom. The van der Waals surface area contributed by atoms with E-state index in [4.69, 9.17) is 10.5 Å². The molecule has 2 N–H and O–H groups in total. The van der Waals surface area contributed by atoms with E-state index in [-0.39, 0.29) is 17.2 Å². The zero-order valence-corrected chi connectivity index (χ0v) is 13.1. The molecule has 6 nitrogen and oxygen atoms in total. The van der Waals surface area contributed by atoms with E-state index in [1.54, 1.807) is 41.3 Å². The third-order valence-electron chi connectivity index (χ3n) is 3.92. The number of nitrogens with zero attached hydrogens (tertiary/aromatic N) is 1. The summed E-state index contributed by atoms with van der Waals surface area (Å²) in [4.78, 5) is 36.7. The number of hydrogen-bond acceptors (Lipinski definition) is 4. The maximum Gasteiger partial charge on any atom is 0.343 e. The van der Waals surface area contributed by atoms with Gasteiger partial charge < -0.3 is 15.4 Å². The van der Waals surface area contributed by atoms with Crippen LogP contribution in [0, 0.1) is 0 Å². The Morgan fingerprint density at radius 2 is 1.88 bits per heavy atom. The number of nitrogens with two attached hydrogens (primary N) is 1. The standard InChI is InChI=1S/C18H16N2O4/c1-11(21)20-8-7-12-9-14(5-6-16(12)20)18(23)24-15-4-2-3-13(10-15)17(19)22/h2-6,9-10H,7-8H2,1H3,(H2,19,22). The van der Waals surface area contributed by atoms with Gasteiger partial charge in [0.1, 0.15) is 5.75 Å². The van der Waals surface area contributed by atoms with Gasteiger partial charge in [-0.15, -0.1) is 0 Å². The van der Waals surface area contributed by atoms with E-state index >= 15 is 0 Å². The first-order valence-corrected chi connectivity index (χ1v) is 7.49. The monoisotopic (exact) mass is 324 g/mol. The van der Waals surface area contributed by atoms with Crippen LogP contribution < -0.4 is 15.4 Å². The van der Waals surface area contributed by atoms with Crippen LogP contribution >= 0.6 is 0 Å². The molecule has 0 aromatic heterocycles. The molecule has 122 valence electrons. The molecule has 1 heterocycles. The van der Waals surface area contributed by atoms with Crippen molar-refractivity contribution >= 4 is 23.5 Å². The normalized spacial score (nSPS) is 12.6. The summed E-state index contributed by atoms with van der Waals surface area (Å²) >= 11 is 0. The molecule has 1 aliphatic heterocycles. The van der Waals surface area contributed by atoms with Crippen LogP contribution in [0.3, 0.4) is 0 Å². The molecular weight excluding hydrogens is 308 g/mol. The number of esters is 1. The molecule has 2 aromatic rings. The lowest BCUT2D eigenvalue weighted by atomic mass is 10.1. The molecule has 0 fully saturated rings. The Kier molecular flexibility index (Phi) is 4.04. The highest BCUT2D eigenvalue weighted by Gasteiger charge is 2.23. The summed E-state index contributed by atoms with van der Waals surface area (Å²) in [6.45, 7) is 2.13. The molecule has 0 saturated heterocycles. The van der Waals surface area contributed by atoms with Crippen molar-refractivity contribution in [3.05, 3.63) is 59.2 Å². The highest BCUT2D eigenvalue weighted by molar-refractivity contribution is 5.97. The molecule has 2 aromatic carbocycles. The molecule has 1 aliphatic rings. The fourth-order valence-corrected chi connectivity index (χ4v) is 2.73. The number of carbonyl (C=O) groups excluding carboxylic acids is 3. The van der Waals surface area contributed by atoms with Crippen molar-refractivity contribution in [1.29, 1.82) is 0 Å². The predicted octanol–water partition coefficient (Wildman–Crippen LogP) is 1.91. The molecule has 6 heteroatoms. The minimum atomic E-state index is -0.588. The third kappa shape index (κ3) is 2.99. The summed E-state index contributed by atoms with van der Waals surface area (Å²) in [5, 5.41) is 0. The lowest BCUT2D eigenvalue weighted by Gasteiger charge is -2.14. The lowest BCUT2D eigenvalue weighted by Crippen LogP contribution is -2.25. The number of primary amides is 1. The maximum absolute atomic E-state index is 12.3. The fraction of sp³-hybridized carbons (Fsp3) is 0.167. The van der Waals surface area contributed by atoms with Crippen LogP contribution in [-0.2, 0) is 11.2 Å². The van der Waals surface area contributed by atoms with Crippen LogP contribution in [0.4, 0.5) is 5.69 Å². The summed E-state index contributed by atoms with van der Waals surface area (Å²) in [5.41, 5.74) is 7.64. The first kappa shape index (κ1) is 15.7. The average Bonchev–Trinajstić information content (AvgIpc) is 2.98. The van der Waals surface area contributed by atoms with E-state index in [1.165, 1.54) is 13.0 Å². The van der Waals surface area contributed by atoms with Crippen molar-refractivity contribution in [1.82, 2.24) is 0 Å². The average molecular weight is 324 g/mol. The van der Waals surface area contributed by atoms with Crippen molar-refractivity contribution in [2.24, 2.45) is 5.73 Å². The second-order valence-corrected chi connectivity index (χ2v) is 5.55. The molecule has 0 unspecified atom stereocenters. The SMILES string of the molecule is CC(=O)N1CCc2cc(C(=O)Oc3cccc(C(N)=O)c3)ccc21. The van der Waals surface area contributed by atoms with Crippen molar-refractivity contribution in [3.8, 4) is 5.75 Å². The summed E-state index contributed by atoms with van der Waals surface area (Å²) < 4.78 is 5.30. The van der Waals surface area contributed by atoms with Crippen LogP contribution in [0.5, 0.6) is 5.75 Å². The van der Waals surface area contributed by atoms with E-state index in [2.05, 4.69) is 0 Å². The van der Waals surface area contributed by atoms with E-state index in [0.717, 1.165) is 11.3 Å². The van der Waals surface area contributed by atoms with Gasteiger partial charge in [-0.1, -0.05) is 6.07 Å². The van der Waals surface area contributed by atoms with Gasteiger partial charge in [-0.3, -0.25) is 9.59 Å². The lowest BCUT2D eigenvalue weighted by molar-refractivity contribution is -0.116. The molecule has 0 spiro atoms. The van der Waals surface area contributed by atoms with Crippen LogP contribution in [-0.4, -0.2) is 24.3 Å². The van der Waals surface area contributed by atoms with Gasteiger partial charge in [0.15, 0.2) is 0 Å². The minimum Gasteiger partial charge on any atom is -0.423 e. The van der Waals surface area contributed by atoms with E-state index in [9.17, 15) is 14.4 Å². The number of hydrogen-bond donors (Lipinski definition) is 1. The molecular formula is C18H16N2O4. The number of carbonyl (C=O) groups is 3. The van der Waals surface area contributed by atoms with Gasteiger partial charge in [-0.25, -0.2) is 4.79 Å². The van der Waals surface area contributed by atoms with Crippen LogP contribution in [0.15, 0.2) is 42.5 Å². The molecule has 2 amide bonds. The van der Waals surface area contributed by atoms with E-state index < -0.39 is 11.9 Å². The van der Waals surface area contributed by atoms with Crippen molar-refractivity contribution in [3.63, 3.8) is 0 Å². The Balaban J connectivity index is 1.80. The third-order valence-corrected chi connectivity index (χ3v) is 3.92. The quantitative estimate of drug-likeness (QED) is 0.690. The number of ether oxygens (including phenoxy) is 1. The van der Waals surface area contributed by atoms with Gasteiger partial charge in [0, 0.05) is 24.7 Å². The smallest absolute Gasteiger partial charge is 0.343 e. The van der Waals surface area contributed by atoms with Gasteiger partial charge >= 0.3 is 5.97 Å². The highest BCUT2D eigenvalue weighted by Crippen LogP contribution is 2.29. The maximum atomic E-state index is 12.3. The Bertz CT molecular complexity index is 845. The first-order valence-electron chi connectivity index (χ1n) is 7.49. The Morgan fingerprint density at radius 3 is 2.58 bits per heavy atom. The summed E-state index contributed by atoms with van der Waals surface area (Å²) in [5.74, 6) is -0.884. The van der Waals surface area contributed by atoms with Crippen LogP contribution in [0.2, 0.25) is 0 Å². The van der Waals surface area contributed by atoms with Crippen molar-refractivity contribution < 1.29 is 19.1 Å². The molecule has 0 atom stereocenters. The highest BCUT2D eigenvalue weighted by atomic mass is 16.5. The van der Waals surface area contributed by atoms with Gasteiger partial charge in [0.25, 0.3) is 0 Å². The molecule has 0 bridgehead atoms. The molecule has 24 heavy (non-hydrogen) atoms. The second-order valence-electron chi connectivity index (χ2n) is 5.55. The van der Waals surface area contributed by atoms with Crippen LogP contribution in [0.1, 0.15) is 33.2 Å². The van der Waals surface area contributed by atoms with Gasteiger partial charge in [-0.2, -0.15) is 0 Å². The van der Waals surface area contributed by atoms with Crippen molar-refractivity contribution in [2.75, 3.05) is 11.4 Å². The number of benzene rings is 2. The first-order chi connectivity index (χ1) is 11.5. The predicted molar refractivity (Wildman–Crippen MR) is 88.1 cm³/mol. The molecule has 0 saturated carbocycles. The topological polar surface area (TPSA) is 89.7 Å². The summed E-state index contributed by atoms with van der Waals surface area (Å²) in [7, 11) is 0. The summed E-state index contributed by atoms with van der Waals surface area (Å²) in [6, 6.07) is 11.3. The number of anilines is 1. The number of rotatable bonds is 3. The minimum absolute atomic E-state index is 0.0210. The van der Waals surface area contributed by atoms with E-state index in [0.29, 0.717) is 18.5 Å². The zero-order valence-electron chi connectivity index (χ0n) is 13.1. The fourth-order valence-electron chi connectivity index (χ4n) is 2.73. The molecule has 0 aliphatic carbocycles. The zero-order chi connectivity index (χ0) is 17.3. The largest absolute Gasteiger partial charge is 0.423 e. The molecule has 3 rings (SSSR count). The molecule has 0 radical (unpaired) electrons.